The van der Waals surface area contributed by atoms with Crippen LogP contribution in [0.25, 0.3) is 0 Å². The van der Waals surface area contributed by atoms with Gasteiger partial charge in [0, 0.05) is 17.6 Å². The van der Waals surface area contributed by atoms with Crippen LogP contribution in [-0.2, 0) is 5.75 Å². The van der Waals surface area contributed by atoms with Crippen LogP contribution in [0.5, 0.6) is 5.75 Å². The average molecular weight is 298 g/mol. The predicted molar refractivity (Wildman–Crippen MR) is 78.7 cm³/mol. The summed E-state index contributed by atoms with van der Waals surface area (Å²) in [6.45, 7) is 0.641. The lowest BCUT2D eigenvalue weighted by molar-refractivity contribution is 0.318. The first kappa shape index (κ1) is 14.1. The molecule has 2 rings (SSSR count). The van der Waals surface area contributed by atoms with E-state index in [0.29, 0.717) is 17.1 Å². The molecule has 0 saturated heterocycles. The maximum absolute atomic E-state index is 12.7. The molecule has 102 valence electrons. The highest BCUT2D eigenvalue weighted by atomic mass is 32.2. The Morgan fingerprint density at radius 3 is 2.74 bits per heavy atom. The lowest BCUT2D eigenvalue weighted by atomic mass is 10.3. The number of thioether (sulfide) groups is 1. The lowest BCUT2D eigenvalue weighted by Gasteiger charge is -2.05. The van der Waals surface area contributed by atoms with Crippen LogP contribution in [0.3, 0.4) is 0 Å². The van der Waals surface area contributed by atoms with E-state index in [4.69, 9.17) is 17.0 Å². The molecule has 3 nitrogen and oxygen atoms in total. The maximum atomic E-state index is 12.7. The van der Waals surface area contributed by atoms with E-state index < -0.39 is 0 Å². The van der Waals surface area contributed by atoms with Crippen LogP contribution < -0.4 is 4.74 Å². The number of imidazole rings is 1. The van der Waals surface area contributed by atoms with E-state index in [2.05, 4.69) is 9.97 Å². The summed E-state index contributed by atoms with van der Waals surface area (Å²) < 4.78 is 18.8. The van der Waals surface area contributed by atoms with E-state index in [9.17, 15) is 4.39 Å². The van der Waals surface area contributed by atoms with Crippen LogP contribution in [-0.4, -0.2) is 22.3 Å². The van der Waals surface area contributed by atoms with Gasteiger partial charge in [0.05, 0.1) is 6.61 Å². The Morgan fingerprint density at radius 2 is 2.05 bits per heavy atom. The van der Waals surface area contributed by atoms with Gasteiger partial charge in [0.25, 0.3) is 0 Å². The summed E-state index contributed by atoms with van der Waals surface area (Å²) in [5.74, 6) is 2.38. The number of rotatable bonds is 7. The van der Waals surface area contributed by atoms with Gasteiger partial charge in [-0.25, -0.2) is 4.39 Å². The van der Waals surface area contributed by atoms with E-state index in [0.717, 1.165) is 23.6 Å². The largest absolute Gasteiger partial charge is 0.494 e. The SMILES string of the molecule is Fc1ccc(OCCCSCc2c[nH]c(=S)[nH]2)cc1. The van der Waals surface area contributed by atoms with Crippen LogP contribution in [0.15, 0.2) is 30.5 Å². The first-order valence-corrected chi connectivity index (χ1v) is 7.53. The third kappa shape index (κ3) is 5.08. The van der Waals surface area contributed by atoms with E-state index in [-0.39, 0.29) is 5.82 Å². The van der Waals surface area contributed by atoms with Crippen LogP contribution in [0, 0.1) is 10.6 Å². The maximum Gasteiger partial charge on any atom is 0.174 e. The average Bonchev–Trinajstić information content (AvgIpc) is 2.81. The third-order valence-electron chi connectivity index (χ3n) is 2.42. The molecule has 0 atom stereocenters. The molecule has 0 aliphatic heterocycles. The van der Waals surface area contributed by atoms with Gasteiger partial charge in [0.2, 0.25) is 0 Å². The van der Waals surface area contributed by atoms with Gasteiger partial charge in [-0.05, 0) is 48.7 Å². The van der Waals surface area contributed by atoms with E-state index >= 15 is 0 Å². The van der Waals surface area contributed by atoms with Crippen molar-refractivity contribution in [2.45, 2.75) is 12.2 Å². The molecule has 19 heavy (non-hydrogen) atoms. The standard InChI is InChI=1S/C13H15FN2OS2/c14-10-2-4-12(5-3-10)17-6-1-7-19-9-11-8-15-13(18)16-11/h2-5,8H,1,6-7,9H2,(H2,15,16,18). The van der Waals surface area contributed by atoms with Gasteiger partial charge < -0.3 is 14.7 Å². The van der Waals surface area contributed by atoms with Crippen molar-refractivity contribution in [2.75, 3.05) is 12.4 Å². The van der Waals surface area contributed by atoms with Crippen LogP contribution in [0.4, 0.5) is 4.39 Å². The minimum atomic E-state index is -0.244. The summed E-state index contributed by atoms with van der Waals surface area (Å²) in [7, 11) is 0. The van der Waals surface area contributed by atoms with Crippen molar-refractivity contribution >= 4 is 24.0 Å². The molecule has 0 bridgehead atoms. The van der Waals surface area contributed by atoms with Gasteiger partial charge in [-0.1, -0.05) is 0 Å². The molecular weight excluding hydrogens is 283 g/mol. The fourth-order valence-electron chi connectivity index (χ4n) is 1.51. The molecule has 0 radical (unpaired) electrons. The number of hydrogen-bond acceptors (Lipinski definition) is 3. The summed E-state index contributed by atoms with van der Waals surface area (Å²) in [5.41, 5.74) is 1.11. The van der Waals surface area contributed by atoms with Gasteiger partial charge in [0.1, 0.15) is 11.6 Å². The number of aromatic nitrogens is 2. The van der Waals surface area contributed by atoms with E-state index in [1.807, 2.05) is 18.0 Å². The molecule has 1 aromatic carbocycles. The number of nitrogens with one attached hydrogen (secondary N) is 2. The fraction of sp³-hybridized carbons (Fsp3) is 0.308. The summed E-state index contributed by atoms with van der Waals surface area (Å²) in [5, 5.41) is 0. The zero-order chi connectivity index (χ0) is 13.5. The monoisotopic (exact) mass is 298 g/mol. The molecule has 0 spiro atoms. The fourth-order valence-corrected chi connectivity index (χ4v) is 2.54. The Bertz CT molecular complexity index is 550. The quantitative estimate of drug-likeness (QED) is 0.601. The van der Waals surface area contributed by atoms with Gasteiger partial charge >= 0.3 is 0 Å². The number of hydrogen-bond donors (Lipinski definition) is 2. The number of halogens is 1. The molecule has 1 aromatic heterocycles. The highest BCUT2D eigenvalue weighted by molar-refractivity contribution is 7.98. The summed E-state index contributed by atoms with van der Waals surface area (Å²) in [6.07, 6.45) is 2.84. The van der Waals surface area contributed by atoms with Crippen LogP contribution >= 0.6 is 24.0 Å². The van der Waals surface area contributed by atoms with Crippen LogP contribution in [0.1, 0.15) is 12.1 Å². The van der Waals surface area contributed by atoms with E-state index in [1.165, 1.54) is 12.1 Å². The minimum Gasteiger partial charge on any atom is -0.494 e. The molecule has 2 N–H and O–H groups in total. The molecule has 1 heterocycles. The zero-order valence-corrected chi connectivity index (χ0v) is 12.0. The Labute approximate surface area is 120 Å². The lowest BCUT2D eigenvalue weighted by Crippen LogP contribution is -1.98. The topological polar surface area (TPSA) is 40.8 Å². The van der Waals surface area contributed by atoms with Crippen molar-refractivity contribution in [3.63, 3.8) is 0 Å². The summed E-state index contributed by atoms with van der Waals surface area (Å²) >= 11 is 6.77. The molecular formula is C13H15FN2OS2. The van der Waals surface area contributed by atoms with E-state index in [1.54, 1.807) is 12.1 Å². The third-order valence-corrected chi connectivity index (χ3v) is 3.74. The van der Waals surface area contributed by atoms with Crippen LogP contribution in [0.2, 0.25) is 0 Å². The summed E-state index contributed by atoms with van der Waals surface area (Å²) in [4.78, 5) is 6.01. The number of benzene rings is 1. The normalized spacial score (nSPS) is 10.6. The zero-order valence-electron chi connectivity index (χ0n) is 10.3. The minimum absolute atomic E-state index is 0.244. The van der Waals surface area contributed by atoms with Gasteiger partial charge in [-0.15, -0.1) is 0 Å². The van der Waals surface area contributed by atoms with Gasteiger partial charge in [-0.3, -0.25) is 0 Å². The van der Waals surface area contributed by atoms with Crippen molar-refractivity contribution in [3.8, 4) is 5.75 Å². The van der Waals surface area contributed by atoms with Gasteiger partial charge in [0.15, 0.2) is 4.77 Å². The number of aromatic amines is 2. The molecule has 0 saturated carbocycles. The van der Waals surface area contributed by atoms with Crippen molar-refractivity contribution in [1.82, 2.24) is 9.97 Å². The molecule has 0 aliphatic carbocycles. The van der Waals surface area contributed by atoms with Crippen molar-refractivity contribution in [3.05, 3.63) is 46.7 Å². The molecule has 0 fully saturated rings. The Hall–Kier alpha value is -1.27. The summed E-state index contributed by atoms with van der Waals surface area (Å²) in [6, 6.07) is 6.08. The first-order chi connectivity index (χ1) is 9.24. The van der Waals surface area contributed by atoms with Crippen molar-refractivity contribution < 1.29 is 9.13 Å². The van der Waals surface area contributed by atoms with Crippen molar-refractivity contribution in [1.29, 1.82) is 0 Å². The number of ether oxygens (including phenoxy) is 1. The Kier molecular flexibility index (Phi) is 5.47. The Morgan fingerprint density at radius 1 is 1.26 bits per heavy atom. The first-order valence-electron chi connectivity index (χ1n) is 5.97. The second-order valence-corrected chi connectivity index (χ2v) is 5.49. The molecule has 6 heteroatoms. The molecule has 0 unspecified atom stereocenters. The molecule has 0 aliphatic rings. The molecule has 0 amide bonds. The highest BCUT2D eigenvalue weighted by Gasteiger charge is 1.97. The molecule has 2 aromatic rings. The highest BCUT2D eigenvalue weighted by Crippen LogP contribution is 2.13. The predicted octanol–water partition coefficient (Wildman–Crippen LogP) is 3.91. The second-order valence-electron chi connectivity index (χ2n) is 3.98. The van der Waals surface area contributed by atoms with Crippen molar-refractivity contribution in [2.24, 2.45) is 0 Å². The Balaban J connectivity index is 1.57. The van der Waals surface area contributed by atoms with Gasteiger partial charge in [-0.2, -0.15) is 11.8 Å². The number of H-pyrrole nitrogens is 2. The smallest absolute Gasteiger partial charge is 0.174 e. The second kappa shape index (κ2) is 7.35.